The summed E-state index contributed by atoms with van der Waals surface area (Å²) in [5.41, 5.74) is 2.68. The Labute approximate surface area is 144 Å². The lowest BCUT2D eigenvalue weighted by molar-refractivity contribution is -0.129. The molecule has 0 saturated carbocycles. The van der Waals surface area contributed by atoms with Gasteiger partial charge in [0.1, 0.15) is 5.25 Å². The third-order valence-electron chi connectivity index (χ3n) is 3.98. The van der Waals surface area contributed by atoms with Crippen LogP contribution in [0.2, 0.25) is 0 Å². The molecule has 5 heteroatoms. The van der Waals surface area contributed by atoms with Crippen LogP contribution in [0, 0.1) is 6.92 Å². The normalized spacial score (nSPS) is 12.6. The highest BCUT2D eigenvalue weighted by Crippen LogP contribution is 2.15. The zero-order valence-electron chi connectivity index (χ0n) is 14.3. The Balaban J connectivity index is 2.08. The van der Waals surface area contributed by atoms with E-state index in [-0.39, 0.29) is 11.7 Å². The van der Waals surface area contributed by atoms with Gasteiger partial charge in [0.2, 0.25) is 5.91 Å². The van der Waals surface area contributed by atoms with Crippen molar-refractivity contribution in [3.63, 3.8) is 0 Å². The average Bonchev–Trinajstić information content (AvgIpc) is 2.54. The lowest BCUT2D eigenvalue weighted by Gasteiger charge is -2.21. The van der Waals surface area contributed by atoms with Gasteiger partial charge in [-0.15, -0.1) is 0 Å². The second-order valence-electron chi connectivity index (χ2n) is 6.12. The van der Waals surface area contributed by atoms with Gasteiger partial charge in [-0.1, -0.05) is 60.2 Å². The Morgan fingerprint density at radius 1 is 1.04 bits per heavy atom. The second kappa shape index (κ2) is 7.62. The van der Waals surface area contributed by atoms with Crippen LogP contribution in [0.3, 0.4) is 0 Å². The van der Waals surface area contributed by atoms with Gasteiger partial charge >= 0.3 is 0 Å². The van der Waals surface area contributed by atoms with E-state index in [9.17, 15) is 13.2 Å². The number of aryl methyl sites for hydroxylation is 1. The van der Waals surface area contributed by atoms with E-state index in [0.717, 1.165) is 11.1 Å². The first kappa shape index (κ1) is 18.2. The molecule has 0 saturated heterocycles. The van der Waals surface area contributed by atoms with Crippen LogP contribution < -0.4 is 0 Å². The van der Waals surface area contributed by atoms with Crippen molar-refractivity contribution in [3.8, 4) is 0 Å². The topological polar surface area (TPSA) is 54.5 Å². The number of amides is 1. The summed E-state index contributed by atoms with van der Waals surface area (Å²) in [6, 6.07) is 16.9. The maximum Gasteiger partial charge on any atom is 0.240 e. The molecule has 0 spiro atoms. The molecule has 2 rings (SSSR count). The SMILES string of the molecule is Cc1cccc(CS(=O)(=O)[C@H](C)C(=O)N(C)Cc2ccccc2)c1. The summed E-state index contributed by atoms with van der Waals surface area (Å²) in [6.07, 6.45) is 0. The molecule has 128 valence electrons. The number of hydrogen-bond acceptors (Lipinski definition) is 3. The fourth-order valence-electron chi connectivity index (χ4n) is 2.56. The third kappa shape index (κ3) is 4.68. The Bertz CT molecular complexity index is 800. The van der Waals surface area contributed by atoms with Gasteiger partial charge in [-0.25, -0.2) is 8.42 Å². The number of hydrogen-bond donors (Lipinski definition) is 0. The summed E-state index contributed by atoms with van der Waals surface area (Å²) in [4.78, 5) is 14.0. The minimum absolute atomic E-state index is 0.124. The number of nitrogens with zero attached hydrogens (tertiary/aromatic N) is 1. The van der Waals surface area contributed by atoms with Crippen LogP contribution in [-0.2, 0) is 26.9 Å². The van der Waals surface area contributed by atoms with Crippen molar-refractivity contribution in [1.29, 1.82) is 0 Å². The van der Waals surface area contributed by atoms with Crippen molar-refractivity contribution >= 4 is 15.7 Å². The Morgan fingerprint density at radius 3 is 2.29 bits per heavy atom. The van der Waals surface area contributed by atoms with E-state index in [1.165, 1.54) is 11.8 Å². The molecule has 0 unspecified atom stereocenters. The van der Waals surface area contributed by atoms with Gasteiger partial charge < -0.3 is 4.90 Å². The Kier molecular flexibility index (Phi) is 5.78. The van der Waals surface area contributed by atoms with Crippen molar-refractivity contribution in [2.24, 2.45) is 0 Å². The van der Waals surface area contributed by atoms with Crippen molar-refractivity contribution < 1.29 is 13.2 Å². The molecule has 0 heterocycles. The van der Waals surface area contributed by atoms with Crippen LogP contribution in [-0.4, -0.2) is 31.5 Å². The highest BCUT2D eigenvalue weighted by molar-refractivity contribution is 7.92. The van der Waals surface area contributed by atoms with Crippen molar-refractivity contribution in [2.45, 2.75) is 31.4 Å². The predicted octanol–water partition coefficient (Wildman–Crippen LogP) is 2.96. The smallest absolute Gasteiger partial charge is 0.240 e. The molecule has 2 aromatic rings. The van der Waals surface area contributed by atoms with E-state index in [1.807, 2.05) is 55.5 Å². The van der Waals surface area contributed by atoms with E-state index in [0.29, 0.717) is 12.1 Å². The summed E-state index contributed by atoms with van der Waals surface area (Å²) >= 11 is 0. The molecule has 0 aliphatic heterocycles. The third-order valence-corrected chi connectivity index (χ3v) is 5.99. The Morgan fingerprint density at radius 2 is 1.67 bits per heavy atom. The molecule has 1 amide bonds. The van der Waals surface area contributed by atoms with E-state index < -0.39 is 15.1 Å². The summed E-state index contributed by atoms with van der Waals surface area (Å²) in [7, 11) is -1.92. The zero-order valence-corrected chi connectivity index (χ0v) is 15.1. The van der Waals surface area contributed by atoms with Gasteiger partial charge in [0.25, 0.3) is 0 Å². The number of sulfone groups is 1. The predicted molar refractivity (Wildman–Crippen MR) is 96.2 cm³/mol. The van der Waals surface area contributed by atoms with Crippen molar-refractivity contribution in [1.82, 2.24) is 4.90 Å². The summed E-state index contributed by atoms with van der Waals surface area (Å²) < 4.78 is 25.1. The number of benzene rings is 2. The first-order chi connectivity index (χ1) is 11.3. The molecule has 0 aromatic heterocycles. The highest BCUT2D eigenvalue weighted by Gasteiger charge is 2.30. The number of carbonyl (C=O) groups is 1. The van der Waals surface area contributed by atoms with Gasteiger partial charge in [-0.2, -0.15) is 0 Å². The summed E-state index contributed by atoms with van der Waals surface area (Å²) in [6.45, 7) is 3.78. The maximum absolute atomic E-state index is 12.6. The molecule has 0 fully saturated rings. The first-order valence-electron chi connectivity index (χ1n) is 7.85. The molecule has 0 N–H and O–H groups in total. The van der Waals surface area contributed by atoms with Gasteiger partial charge in [0.05, 0.1) is 5.75 Å². The van der Waals surface area contributed by atoms with Crippen LogP contribution in [0.25, 0.3) is 0 Å². The Hall–Kier alpha value is -2.14. The maximum atomic E-state index is 12.6. The molecular formula is C19H23NO3S. The van der Waals surface area contributed by atoms with Crippen LogP contribution in [0.5, 0.6) is 0 Å². The minimum Gasteiger partial charge on any atom is -0.340 e. The highest BCUT2D eigenvalue weighted by atomic mass is 32.2. The van der Waals surface area contributed by atoms with Crippen molar-refractivity contribution in [3.05, 3.63) is 71.3 Å². The summed E-state index contributed by atoms with van der Waals surface area (Å²) in [5.74, 6) is -0.507. The zero-order chi connectivity index (χ0) is 17.7. The minimum atomic E-state index is -3.56. The van der Waals surface area contributed by atoms with E-state index in [1.54, 1.807) is 13.1 Å². The largest absolute Gasteiger partial charge is 0.340 e. The standard InChI is InChI=1S/C19H23NO3S/c1-15-8-7-11-18(12-15)14-24(22,23)16(2)19(21)20(3)13-17-9-5-4-6-10-17/h4-12,16H,13-14H2,1-3H3/t16-/m1/s1. The number of carbonyl (C=O) groups excluding carboxylic acids is 1. The molecule has 0 aliphatic carbocycles. The molecule has 0 bridgehead atoms. The fraction of sp³-hybridized carbons (Fsp3) is 0.316. The molecule has 0 aliphatic rings. The lowest BCUT2D eigenvalue weighted by atomic mass is 10.2. The van der Waals surface area contributed by atoms with Crippen molar-refractivity contribution in [2.75, 3.05) is 7.05 Å². The summed E-state index contributed by atoms with van der Waals surface area (Å²) in [5, 5.41) is -1.06. The average molecular weight is 345 g/mol. The quantitative estimate of drug-likeness (QED) is 0.809. The van der Waals surface area contributed by atoms with Gasteiger partial charge in [-0.05, 0) is 25.0 Å². The van der Waals surface area contributed by atoms with E-state index in [4.69, 9.17) is 0 Å². The fourth-order valence-corrected chi connectivity index (χ4v) is 3.94. The van der Waals surface area contributed by atoms with Gasteiger partial charge in [0.15, 0.2) is 9.84 Å². The molecule has 1 atom stereocenters. The lowest BCUT2D eigenvalue weighted by Crippen LogP contribution is -2.39. The molecule has 24 heavy (non-hydrogen) atoms. The molecule has 4 nitrogen and oxygen atoms in total. The van der Waals surface area contributed by atoms with E-state index >= 15 is 0 Å². The molecule has 2 aromatic carbocycles. The molecular weight excluding hydrogens is 322 g/mol. The molecule has 0 radical (unpaired) electrons. The van der Waals surface area contributed by atoms with Crippen LogP contribution in [0.15, 0.2) is 54.6 Å². The first-order valence-corrected chi connectivity index (χ1v) is 9.57. The second-order valence-corrected chi connectivity index (χ2v) is 8.44. The van der Waals surface area contributed by atoms with Gasteiger partial charge in [-0.3, -0.25) is 4.79 Å². The number of rotatable bonds is 6. The van der Waals surface area contributed by atoms with Crippen LogP contribution >= 0.6 is 0 Å². The van der Waals surface area contributed by atoms with Crippen LogP contribution in [0.1, 0.15) is 23.6 Å². The van der Waals surface area contributed by atoms with Crippen LogP contribution in [0.4, 0.5) is 0 Å². The van der Waals surface area contributed by atoms with Gasteiger partial charge in [0, 0.05) is 13.6 Å². The monoisotopic (exact) mass is 345 g/mol. The van der Waals surface area contributed by atoms with E-state index in [2.05, 4.69) is 0 Å².